The maximum absolute atomic E-state index is 12.5. The fourth-order valence-corrected chi connectivity index (χ4v) is 3.53. The van der Waals surface area contributed by atoms with Crippen LogP contribution in [0.1, 0.15) is 35.2 Å². The Balaban J connectivity index is 1.47. The summed E-state index contributed by atoms with van der Waals surface area (Å²) in [7, 11) is 1.39. The molecule has 0 heterocycles. The smallest absolute Gasteiger partial charge is 0.332 e. The summed E-state index contributed by atoms with van der Waals surface area (Å²) in [6.45, 7) is 0.854. The zero-order chi connectivity index (χ0) is 22.8. The first-order chi connectivity index (χ1) is 15.5. The maximum atomic E-state index is 12.5. The number of aliphatic carboxylic acids is 1. The van der Waals surface area contributed by atoms with E-state index in [-0.39, 0.29) is 12.2 Å². The van der Waals surface area contributed by atoms with E-state index in [9.17, 15) is 14.7 Å². The van der Waals surface area contributed by atoms with E-state index in [0.717, 1.165) is 0 Å². The summed E-state index contributed by atoms with van der Waals surface area (Å²) in [4.78, 5) is 23.8. The Morgan fingerprint density at radius 2 is 1.72 bits per heavy atom. The SMILES string of the molecule is CO[C@@H](CC1(OCCCOc2ccc(C(=O)c3ccccc3)cc2)C=CC=CC1)C(=O)O. The first-order valence-corrected chi connectivity index (χ1v) is 10.6. The molecule has 0 aliphatic heterocycles. The minimum absolute atomic E-state index is 0.0267. The van der Waals surface area contributed by atoms with Crippen molar-refractivity contribution in [3.8, 4) is 5.75 Å². The minimum Gasteiger partial charge on any atom is -0.494 e. The maximum Gasteiger partial charge on any atom is 0.332 e. The average Bonchev–Trinajstić information content (AvgIpc) is 2.83. The Morgan fingerprint density at radius 3 is 2.34 bits per heavy atom. The third kappa shape index (κ3) is 6.39. The molecule has 6 nitrogen and oxygen atoms in total. The molecule has 0 fully saturated rings. The molecule has 1 N–H and O–H groups in total. The van der Waals surface area contributed by atoms with Crippen LogP contribution in [0.4, 0.5) is 0 Å². The van der Waals surface area contributed by atoms with Crippen LogP contribution in [0.15, 0.2) is 78.9 Å². The van der Waals surface area contributed by atoms with E-state index in [1.807, 2.05) is 42.5 Å². The molecule has 0 radical (unpaired) electrons. The van der Waals surface area contributed by atoms with Crippen LogP contribution in [0.5, 0.6) is 5.75 Å². The Kier molecular flexibility index (Phi) is 8.36. The van der Waals surface area contributed by atoms with Crippen molar-refractivity contribution in [2.75, 3.05) is 20.3 Å². The summed E-state index contributed by atoms with van der Waals surface area (Å²) >= 11 is 0. The lowest BCUT2D eigenvalue weighted by Crippen LogP contribution is -2.39. The zero-order valence-electron chi connectivity index (χ0n) is 18.1. The lowest BCUT2D eigenvalue weighted by molar-refractivity contribution is -0.153. The van der Waals surface area contributed by atoms with Crippen molar-refractivity contribution in [3.05, 3.63) is 90.0 Å². The second-order valence-electron chi connectivity index (χ2n) is 7.59. The molecule has 0 saturated heterocycles. The van der Waals surface area contributed by atoms with E-state index in [0.29, 0.717) is 42.9 Å². The summed E-state index contributed by atoms with van der Waals surface area (Å²) in [5, 5.41) is 9.31. The van der Waals surface area contributed by atoms with Crippen molar-refractivity contribution >= 4 is 11.8 Å². The van der Waals surface area contributed by atoms with Crippen molar-refractivity contribution in [3.63, 3.8) is 0 Å². The lowest BCUT2D eigenvalue weighted by atomic mass is 9.88. The van der Waals surface area contributed by atoms with Crippen LogP contribution >= 0.6 is 0 Å². The van der Waals surface area contributed by atoms with Crippen molar-refractivity contribution in [1.29, 1.82) is 0 Å². The van der Waals surface area contributed by atoms with Gasteiger partial charge in [0.05, 0.1) is 18.8 Å². The van der Waals surface area contributed by atoms with Crippen molar-refractivity contribution < 1.29 is 28.9 Å². The summed E-state index contributed by atoms with van der Waals surface area (Å²) in [6.07, 6.45) is 8.17. The van der Waals surface area contributed by atoms with Crippen LogP contribution in [0, 0.1) is 0 Å². The zero-order valence-corrected chi connectivity index (χ0v) is 18.1. The fourth-order valence-electron chi connectivity index (χ4n) is 3.53. The molecule has 6 heteroatoms. The number of allylic oxidation sites excluding steroid dienone is 2. The minimum atomic E-state index is -1.00. The van der Waals surface area contributed by atoms with Gasteiger partial charge in [0.15, 0.2) is 11.9 Å². The molecule has 2 aromatic rings. The number of hydrogen-bond donors (Lipinski definition) is 1. The highest BCUT2D eigenvalue weighted by molar-refractivity contribution is 6.08. The molecule has 32 heavy (non-hydrogen) atoms. The highest BCUT2D eigenvalue weighted by Crippen LogP contribution is 2.29. The summed E-state index contributed by atoms with van der Waals surface area (Å²) < 4.78 is 16.9. The third-order valence-corrected chi connectivity index (χ3v) is 5.30. The summed E-state index contributed by atoms with van der Waals surface area (Å²) in [5.41, 5.74) is 0.558. The van der Waals surface area contributed by atoms with Crippen LogP contribution in [0.3, 0.4) is 0 Å². The molecule has 1 aliphatic carbocycles. The van der Waals surface area contributed by atoms with Gasteiger partial charge in [-0.15, -0.1) is 0 Å². The number of ether oxygens (including phenoxy) is 3. The van der Waals surface area contributed by atoms with E-state index in [1.54, 1.807) is 36.4 Å². The number of ketones is 1. The Bertz CT molecular complexity index is 948. The molecule has 168 valence electrons. The van der Waals surface area contributed by atoms with E-state index in [1.165, 1.54) is 7.11 Å². The van der Waals surface area contributed by atoms with Crippen LogP contribution in [-0.4, -0.2) is 48.9 Å². The van der Waals surface area contributed by atoms with Gasteiger partial charge in [-0.05, 0) is 30.7 Å². The number of carboxylic acid groups (broad SMARTS) is 1. The predicted octanol–water partition coefficient (Wildman–Crippen LogP) is 4.45. The van der Waals surface area contributed by atoms with Crippen LogP contribution in [0.2, 0.25) is 0 Å². The van der Waals surface area contributed by atoms with Crippen LogP contribution in [-0.2, 0) is 14.3 Å². The molecule has 2 aromatic carbocycles. The van der Waals surface area contributed by atoms with Gasteiger partial charge in [-0.2, -0.15) is 0 Å². The third-order valence-electron chi connectivity index (χ3n) is 5.30. The van der Waals surface area contributed by atoms with Crippen molar-refractivity contribution in [2.45, 2.75) is 31.0 Å². The van der Waals surface area contributed by atoms with Gasteiger partial charge in [-0.1, -0.05) is 54.6 Å². The van der Waals surface area contributed by atoms with Gasteiger partial charge >= 0.3 is 5.97 Å². The highest BCUT2D eigenvalue weighted by Gasteiger charge is 2.34. The van der Waals surface area contributed by atoms with Crippen LogP contribution < -0.4 is 4.74 Å². The van der Waals surface area contributed by atoms with Gasteiger partial charge in [0.1, 0.15) is 5.75 Å². The van der Waals surface area contributed by atoms with Gasteiger partial charge in [0.2, 0.25) is 0 Å². The predicted molar refractivity (Wildman–Crippen MR) is 121 cm³/mol. The van der Waals surface area contributed by atoms with Gasteiger partial charge in [-0.3, -0.25) is 4.79 Å². The number of carboxylic acids is 1. The monoisotopic (exact) mass is 436 g/mol. The summed E-state index contributed by atoms with van der Waals surface area (Å²) in [6, 6.07) is 16.2. The first kappa shape index (κ1) is 23.4. The second-order valence-corrected chi connectivity index (χ2v) is 7.59. The molecular formula is C26H28O6. The van der Waals surface area contributed by atoms with Crippen molar-refractivity contribution in [1.82, 2.24) is 0 Å². The van der Waals surface area contributed by atoms with Gasteiger partial charge in [0, 0.05) is 31.1 Å². The van der Waals surface area contributed by atoms with E-state index < -0.39 is 17.7 Å². The van der Waals surface area contributed by atoms with E-state index in [4.69, 9.17) is 14.2 Å². The first-order valence-electron chi connectivity index (χ1n) is 10.6. The van der Waals surface area contributed by atoms with Gasteiger partial charge in [-0.25, -0.2) is 4.79 Å². The molecule has 3 rings (SSSR count). The largest absolute Gasteiger partial charge is 0.494 e. The normalized spacial score (nSPS) is 18.3. The second kappa shape index (κ2) is 11.4. The topological polar surface area (TPSA) is 82.1 Å². The molecule has 1 aliphatic rings. The molecular weight excluding hydrogens is 408 g/mol. The van der Waals surface area contributed by atoms with Crippen LogP contribution in [0.25, 0.3) is 0 Å². The Labute approximate surface area is 188 Å². The lowest BCUT2D eigenvalue weighted by Gasteiger charge is -2.33. The molecule has 0 amide bonds. The quantitative estimate of drug-likeness (QED) is 0.391. The van der Waals surface area contributed by atoms with E-state index >= 15 is 0 Å². The summed E-state index contributed by atoms with van der Waals surface area (Å²) in [5.74, 6) is -0.354. The molecule has 1 unspecified atom stereocenters. The number of hydrogen-bond acceptors (Lipinski definition) is 5. The Morgan fingerprint density at radius 1 is 1.00 bits per heavy atom. The number of carbonyl (C=O) groups excluding carboxylic acids is 1. The van der Waals surface area contributed by atoms with E-state index in [2.05, 4.69) is 0 Å². The fraction of sp³-hybridized carbons (Fsp3) is 0.308. The van der Waals surface area contributed by atoms with Crippen molar-refractivity contribution in [2.24, 2.45) is 0 Å². The number of methoxy groups -OCH3 is 1. The molecule has 2 atom stereocenters. The molecule has 0 bridgehead atoms. The average molecular weight is 437 g/mol. The molecule has 0 spiro atoms. The number of carbonyl (C=O) groups is 2. The number of rotatable bonds is 12. The van der Waals surface area contributed by atoms with Gasteiger partial charge < -0.3 is 19.3 Å². The number of benzene rings is 2. The molecule has 0 aromatic heterocycles. The highest BCUT2D eigenvalue weighted by atomic mass is 16.5. The van der Waals surface area contributed by atoms with Gasteiger partial charge in [0.25, 0.3) is 0 Å². The Hall–Kier alpha value is -3.22. The molecule has 0 saturated carbocycles. The standard InChI is InChI=1S/C26H28O6/c1-30-23(25(28)29)19-26(15-6-3-7-16-26)32-18-8-17-31-22-13-11-21(12-14-22)24(27)20-9-4-2-5-10-20/h2-7,9-15,23H,8,16-19H2,1H3,(H,28,29)/t23-,26?/m0/s1.